The molecular formula is C24H18ClN5O2. The molecule has 32 heavy (non-hydrogen) atoms. The number of carbonyl (C=O) groups excluding carboxylic acids is 1. The summed E-state index contributed by atoms with van der Waals surface area (Å²) in [4.78, 5) is 17.3. The number of para-hydroxylation sites is 1. The predicted molar refractivity (Wildman–Crippen MR) is 123 cm³/mol. The van der Waals surface area contributed by atoms with Gasteiger partial charge in [-0.2, -0.15) is 0 Å². The maximum absolute atomic E-state index is 12.9. The number of halogens is 1. The molecule has 0 aliphatic carbocycles. The number of fused-ring (bicyclic) bond motifs is 2. The van der Waals surface area contributed by atoms with Crippen molar-refractivity contribution in [3.63, 3.8) is 0 Å². The first-order chi connectivity index (χ1) is 15.5. The van der Waals surface area contributed by atoms with Gasteiger partial charge in [0.1, 0.15) is 11.3 Å². The van der Waals surface area contributed by atoms with E-state index in [9.17, 15) is 9.90 Å². The Balaban J connectivity index is 1.55. The van der Waals surface area contributed by atoms with Gasteiger partial charge in [-0.05, 0) is 42.8 Å². The molecule has 2 aromatic carbocycles. The molecule has 0 unspecified atom stereocenters. The third-order valence-corrected chi connectivity index (χ3v) is 5.57. The van der Waals surface area contributed by atoms with Crippen LogP contribution in [-0.4, -0.2) is 25.0 Å². The molecule has 0 fully saturated rings. The number of benzene rings is 2. The van der Waals surface area contributed by atoms with Crippen LogP contribution in [0, 0.1) is 6.92 Å². The molecule has 0 aliphatic rings. The number of carbonyl (C=O) groups is 1. The molecule has 0 atom stereocenters. The van der Waals surface area contributed by atoms with E-state index >= 15 is 0 Å². The number of hydrogen-bond acceptors (Lipinski definition) is 4. The van der Waals surface area contributed by atoms with Gasteiger partial charge in [-0.1, -0.05) is 48.0 Å². The topological polar surface area (TPSA) is 84.2 Å². The molecule has 0 spiro atoms. The number of amides is 1. The molecule has 0 saturated heterocycles. The van der Waals surface area contributed by atoms with Crippen molar-refractivity contribution in [3.8, 4) is 5.88 Å². The highest BCUT2D eigenvalue weighted by Crippen LogP contribution is 2.39. The Morgan fingerprint density at radius 2 is 1.81 bits per heavy atom. The van der Waals surface area contributed by atoms with E-state index in [0.29, 0.717) is 34.0 Å². The highest BCUT2D eigenvalue weighted by molar-refractivity contribution is 6.30. The Morgan fingerprint density at radius 1 is 1.06 bits per heavy atom. The number of aryl methyl sites for hydroxylation is 1. The summed E-state index contributed by atoms with van der Waals surface area (Å²) >= 11 is 5.98. The van der Waals surface area contributed by atoms with E-state index in [1.165, 1.54) is 0 Å². The number of aromatic hydroxyl groups is 1. The van der Waals surface area contributed by atoms with E-state index in [1.807, 2.05) is 54.6 Å². The molecule has 8 heteroatoms. The van der Waals surface area contributed by atoms with Crippen molar-refractivity contribution in [1.82, 2.24) is 14.0 Å². The van der Waals surface area contributed by atoms with E-state index < -0.39 is 5.91 Å². The lowest BCUT2D eigenvalue weighted by Gasteiger charge is -2.07. The fourth-order valence-corrected chi connectivity index (χ4v) is 3.94. The lowest BCUT2D eigenvalue weighted by molar-refractivity contribution is 0.0989. The molecule has 0 radical (unpaired) electrons. The summed E-state index contributed by atoms with van der Waals surface area (Å²) in [5.74, 6) is -0.595. The van der Waals surface area contributed by atoms with E-state index in [0.717, 1.165) is 11.1 Å². The Bertz CT molecular complexity index is 1500. The van der Waals surface area contributed by atoms with Gasteiger partial charge in [0.15, 0.2) is 5.69 Å². The van der Waals surface area contributed by atoms with Gasteiger partial charge in [-0.3, -0.25) is 9.20 Å². The van der Waals surface area contributed by atoms with Crippen LogP contribution in [0.5, 0.6) is 5.88 Å². The third-order valence-electron chi connectivity index (χ3n) is 5.32. The fraction of sp³-hybridized carbons (Fsp3) is 0.0833. The average Bonchev–Trinajstić information content (AvgIpc) is 3.27. The zero-order valence-corrected chi connectivity index (χ0v) is 17.9. The number of aromatic nitrogens is 3. The molecule has 0 saturated carbocycles. The van der Waals surface area contributed by atoms with Crippen molar-refractivity contribution in [3.05, 3.63) is 94.9 Å². The van der Waals surface area contributed by atoms with Gasteiger partial charge in [0.2, 0.25) is 5.88 Å². The Labute approximate surface area is 188 Å². The van der Waals surface area contributed by atoms with Crippen LogP contribution >= 0.6 is 11.6 Å². The van der Waals surface area contributed by atoms with Crippen LogP contribution in [0.4, 0.5) is 5.69 Å². The maximum Gasteiger partial charge on any atom is 0.314 e. The largest absolute Gasteiger partial charge is 0.493 e. The maximum atomic E-state index is 12.9. The molecule has 0 aliphatic heterocycles. The summed E-state index contributed by atoms with van der Waals surface area (Å²) in [6.07, 6.45) is 1.76. The number of hydrogen-bond donors (Lipinski definition) is 1. The molecule has 5 aromatic rings. The molecule has 158 valence electrons. The molecular weight excluding hydrogens is 426 g/mol. The normalized spacial score (nSPS) is 11.7. The minimum atomic E-state index is -0.532. The highest BCUT2D eigenvalue weighted by atomic mass is 35.5. The summed E-state index contributed by atoms with van der Waals surface area (Å²) in [5.41, 5.74) is 3.56. The number of rotatable bonds is 4. The van der Waals surface area contributed by atoms with Gasteiger partial charge in [0.05, 0.1) is 17.8 Å². The molecule has 5 rings (SSSR count). The van der Waals surface area contributed by atoms with Gasteiger partial charge in [0.25, 0.3) is 0 Å². The molecule has 3 heterocycles. The second kappa shape index (κ2) is 7.94. The Morgan fingerprint density at radius 3 is 2.62 bits per heavy atom. The Hall–Kier alpha value is -3.97. The first-order valence-corrected chi connectivity index (χ1v) is 10.3. The molecule has 1 amide bonds. The van der Waals surface area contributed by atoms with Crippen LogP contribution in [0.3, 0.4) is 0 Å². The fourth-order valence-electron chi connectivity index (χ4n) is 3.82. The van der Waals surface area contributed by atoms with Gasteiger partial charge in [-0.25, -0.2) is 4.98 Å². The number of imidazole rings is 1. The lowest BCUT2D eigenvalue weighted by atomic mass is 10.2. The number of pyridine rings is 1. The molecule has 7 nitrogen and oxygen atoms in total. The standard InChI is InChI=1S/C24H18ClN5O2/c1-15-22(29-13-5-4-8-20(29)26-15)23(31)28-27-21-18-6-2-3-7-19(18)30(24(21)32)14-16-9-11-17(25)12-10-16/h2-13,32H,14H2,1H3. The summed E-state index contributed by atoms with van der Waals surface area (Å²) in [7, 11) is 0. The van der Waals surface area contributed by atoms with Gasteiger partial charge in [-0.15, -0.1) is 10.2 Å². The minimum absolute atomic E-state index is 0.0624. The summed E-state index contributed by atoms with van der Waals surface area (Å²) in [6, 6.07) is 20.3. The third kappa shape index (κ3) is 3.42. The van der Waals surface area contributed by atoms with Crippen LogP contribution < -0.4 is 0 Å². The first kappa shape index (κ1) is 20.0. The predicted octanol–water partition coefficient (Wildman–Crippen LogP) is 5.93. The second-order valence-corrected chi connectivity index (χ2v) is 7.82. The summed E-state index contributed by atoms with van der Waals surface area (Å²) < 4.78 is 3.41. The second-order valence-electron chi connectivity index (χ2n) is 7.38. The van der Waals surface area contributed by atoms with E-state index in [4.69, 9.17) is 11.6 Å². The minimum Gasteiger partial charge on any atom is -0.493 e. The van der Waals surface area contributed by atoms with Gasteiger partial charge < -0.3 is 9.67 Å². The van der Waals surface area contributed by atoms with Crippen LogP contribution in [0.2, 0.25) is 5.02 Å². The van der Waals surface area contributed by atoms with Crippen LogP contribution in [-0.2, 0) is 6.54 Å². The van der Waals surface area contributed by atoms with Crippen molar-refractivity contribution < 1.29 is 9.90 Å². The summed E-state index contributed by atoms with van der Waals surface area (Å²) in [6.45, 7) is 2.17. The van der Waals surface area contributed by atoms with Crippen LogP contribution in [0.15, 0.2) is 83.2 Å². The van der Waals surface area contributed by atoms with Crippen LogP contribution in [0.1, 0.15) is 21.7 Å². The Kier molecular flexibility index (Phi) is 4.95. The average molecular weight is 444 g/mol. The SMILES string of the molecule is Cc1nc2ccccn2c1C(=O)N=Nc1c(O)n(Cc2ccc(Cl)cc2)c2ccccc12. The van der Waals surface area contributed by atoms with Crippen molar-refractivity contribution in [2.75, 3.05) is 0 Å². The van der Waals surface area contributed by atoms with Crippen molar-refractivity contribution >= 4 is 39.7 Å². The molecule has 1 N–H and O–H groups in total. The smallest absolute Gasteiger partial charge is 0.314 e. The van der Waals surface area contributed by atoms with E-state index in [2.05, 4.69) is 15.2 Å². The zero-order valence-electron chi connectivity index (χ0n) is 17.1. The monoisotopic (exact) mass is 443 g/mol. The van der Waals surface area contributed by atoms with Gasteiger partial charge in [0, 0.05) is 16.6 Å². The van der Waals surface area contributed by atoms with Crippen molar-refractivity contribution in [2.24, 2.45) is 10.2 Å². The molecule has 3 aromatic heterocycles. The van der Waals surface area contributed by atoms with E-state index in [1.54, 1.807) is 34.2 Å². The lowest BCUT2D eigenvalue weighted by Crippen LogP contribution is -2.01. The van der Waals surface area contributed by atoms with E-state index in [-0.39, 0.29) is 11.6 Å². The van der Waals surface area contributed by atoms with Crippen LogP contribution in [0.25, 0.3) is 16.6 Å². The molecule has 0 bridgehead atoms. The zero-order chi connectivity index (χ0) is 22.2. The number of nitrogens with zero attached hydrogens (tertiary/aromatic N) is 5. The van der Waals surface area contributed by atoms with Crippen molar-refractivity contribution in [2.45, 2.75) is 13.5 Å². The number of azo groups is 1. The first-order valence-electron chi connectivity index (χ1n) is 9.97. The van der Waals surface area contributed by atoms with Crippen molar-refractivity contribution in [1.29, 1.82) is 0 Å². The quantitative estimate of drug-likeness (QED) is 0.349. The summed E-state index contributed by atoms with van der Waals surface area (Å²) in [5, 5.41) is 20.4. The van der Waals surface area contributed by atoms with Gasteiger partial charge >= 0.3 is 5.91 Å². The highest BCUT2D eigenvalue weighted by Gasteiger charge is 2.19.